The van der Waals surface area contributed by atoms with E-state index in [0.29, 0.717) is 43.3 Å². The lowest BCUT2D eigenvalue weighted by Crippen LogP contribution is -2.42. The highest BCUT2D eigenvalue weighted by molar-refractivity contribution is 7.21. The van der Waals surface area contributed by atoms with Crippen molar-refractivity contribution in [2.75, 3.05) is 40.0 Å². The van der Waals surface area contributed by atoms with Gasteiger partial charge in [0, 0.05) is 43.2 Å². The van der Waals surface area contributed by atoms with Crippen LogP contribution in [0.3, 0.4) is 0 Å². The minimum absolute atomic E-state index is 0.0652. The number of hydrogen-bond acceptors (Lipinski definition) is 6. The average molecular weight is 443 g/mol. The van der Waals surface area contributed by atoms with Crippen LogP contribution in [0.2, 0.25) is 0 Å². The molecule has 0 aliphatic carbocycles. The van der Waals surface area contributed by atoms with Crippen LogP contribution in [0.15, 0.2) is 30.5 Å². The van der Waals surface area contributed by atoms with Gasteiger partial charge >= 0.3 is 0 Å². The summed E-state index contributed by atoms with van der Waals surface area (Å²) in [5, 5.41) is 8.09. The van der Waals surface area contributed by atoms with Crippen molar-refractivity contribution in [2.45, 2.75) is 13.0 Å². The van der Waals surface area contributed by atoms with E-state index < -0.39 is 0 Å². The molecule has 0 saturated carbocycles. The molecule has 0 spiro atoms. The van der Waals surface area contributed by atoms with Crippen LogP contribution in [-0.4, -0.2) is 66.5 Å². The molecule has 8 nitrogen and oxygen atoms in total. The summed E-state index contributed by atoms with van der Waals surface area (Å²) in [5.74, 6) is -0.215. The normalized spacial score (nSPS) is 16.6. The van der Waals surface area contributed by atoms with Gasteiger partial charge in [-0.2, -0.15) is 5.10 Å². The first-order valence-electron chi connectivity index (χ1n) is 10.2. The molecule has 1 saturated heterocycles. The highest BCUT2D eigenvalue weighted by Crippen LogP contribution is 2.38. The molecule has 31 heavy (non-hydrogen) atoms. The maximum atomic E-state index is 13.1. The Kier molecular flexibility index (Phi) is 6.35. The Bertz CT molecular complexity index is 1110. The molecule has 9 heteroatoms. The van der Waals surface area contributed by atoms with Gasteiger partial charge in [0.05, 0.1) is 36.4 Å². The smallest absolute Gasteiger partial charge is 0.261 e. The van der Waals surface area contributed by atoms with Crippen LogP contribution in [0.25, 0.3) is 10.1 Å². The zero-order valence-electron chi connectivity index (χ0n) is 17.9. The molecule has 1 aromatic carbocycles. The van der Waals surface area contributed by atoms with Crippen molar-refractivity contribution in [3.05, 3.63) is 52.2 Å². The number of rotatable bonds is 6. The summed E-state index contributed by atoms with van der Waals surface area (Å²) in [7, 11) is 3.42. The lowest BCUT2D eigenvalue weighted by Gasteiger charge is -2.33. The molecule has 1 atom stereocenters. The Morgan fingerprint density at radius 2 is 2.16 bits per heavy atom. The van der Waals surface area contributed by atoms with Crippen LogP contribution in [0.4, 0.5) is 0 Å². The number of morpholine rings is 1. The van der Waals surface area contributed by atoms with Gasteiger partial charge in [0.2, 0.25) is 0 Å². The Morgan fingerprint density at radius 1 is 1.35 bits per heavy atom. The van der Waals surface area contributed by atoms with Crippen molar-refractivity contribution in [3.63, 3.8) is 0 Å². The zero-order valence-corrected chi connectivity index (χ0v) is 18.7. The molecule has 1 N–H and O–H groups in total. The quantitative estimate of drug-likeness (QED) is 0.593. The summed E-state index contributed by atoms with van der Waals surface area (Å²) in [6.07, 6.45) is 1.23. The molecule has 1 aliphatic rings. The number of amides is 2. The first kappa shape index (κ1) is 21.5. The van der Waals surface area contributed by atoms with E-state index in [9.17, 15) is 9.59 Å². The highest BCUT2D eigenvalue weighted by Gasteiger charge is 2.32. The second-order valence-electron chi connectivity index (χ2n) is 7.47. The fraction of sp³-hybridized carbons (Fsp3) is 0.409. The number of ether oxygens (including phenoxy) is 2. The monoisotopic (exact) mass is 442 g/mol. The second kappa shape index (κ2) is 9.17. The summed E-state index contributed by atoms with van der Waals surface area (Å²) < 4.78 is 13.8. The molecule has 3 aromatic rings. The second-order valence-corrected chi connectivity index (χ2v) is 8.52. The van der Waals surface area contributed by atoms with Gasteiger partial charge in [-0.05, 0) is 18.4 Å². The number of fused-ring (bicyclic) bond motifs is 1. The lowest BCUT2D eigenvalue weighted by molar-refractivity contribution is -0.0222. The zero-order chi connectivity index (χ0) is 22.0. The van der Waals surface area contributed by atoms with E-state index >= 15 is 0 Å². The van der Waals surface area contributed by atoms with Crippen LogP contribution < -0.4 is 5.32 Å². The molecular formula is C22H26N4O4S. The van der Waals surface area contributed by atoms with Crippen LogP contribution in [-0.2, 0) is 16.5 Å². The van der Waals surface area contributed by atoms with Crippen molar-refractivity contribution in [3.8, 4) is 0 Å². The molecule has 0 radical (unpaired) electrons. The lowest BCUT2D eigenvalue weighted by atomic mass is 10.0. The molecule has 2 aromatic heterocycles. The maximum Gasteiger partial charge on any atom is 0.261 e. The summed E-state index contributed by atoms with van der Waals surface area (Å²) in [6.45, 7) is 4.04. The Morgan fingerprint density at radius 3 is 2.90 bits per heavy atom. The Hall–Kier alpha value is -2.75. The van der Waals surface area contributed by atoms with E-state index in [0.717, 1.165) is 21.3 Å². The van der Waals surface area contributed by atoms with Gasteiger partial charge in [0.1, 0.15) is 6.10 Å². The van der Waals surface area contributed by atoms with E-state index in [-0.39, 0.29) is 17.9 Å². The number of aryl methyl sites for hydroxylation is 1. The first-order valence-corrected chi connectivity index (χ1v) is 11.0. The SMILES string of the molecule is COCCNC(=O)c1sc2ccccc2c1C1CN(C(=O)c2cnn(C)c2C)CCO1. The van der Waals surface area contributed by atoms with Gasteiger partial charge in [-0.3, -0.25) is 14.3 Å². The molecule has 4 rings (SSSR count). The summed E-state index contributed by atoms with van der Waals surface area (Å²) in [5.41, 5.74) is 2.26. The van der Waals surface area contributed by atoms with Crippen molar-refractivity contribution in [2.24, 2.45) is 7.05 Å². The van der Waals surface area contributed by atoms with Crippen molar-refractivity contribution < 1.29 is 19.1 Å². The van der Waals surface area contributed by atoms with Gasteiger partial charge in [0.25, 0.3) is 11.8 Å². The number of carbonyl (C=O) groups excluding carboxylic acids is 2. The number of benzene rings is 1. The molecule has 1 unspecified atom stereocenters. The molecule has 1 fully saturated rings. The van der Waals surface area contributed by atoms with Gasteiger partial charge in [-0.15, -0.1) is 11.3 Å². The third kappa shape index (κ3) is 4.21. The van der Waals surface area contributed by atoms with Gasteiger partial charge in [-0.1, -0.05) is 18.2 Å². The third-order valence-corrected chi connectivity index (χ3v) is 6.76. The average Bonchev–Trinajstić information content (AvgIpc) is 3.34. The van der Waals surface area contributed by atoms with Crippen LogP contribution in [0.5, 0.6) is 0 Å². The van der Waals surface area contributed by atoms with Crippen molar-refractivity contribution in [1.82, 2.24) is 20.0 Å². The molecule has 2 amide bonds. The number of thiophene rings is 1. The van der Waals surface area contributed by atoms with Crippen molar-refractivity contribution >= 4 is 33.2 Å². The van der Waals surface area contributed by atoms with E-state index in [4.69, 9.17) is 9.47 Å². The third-order valence-electron chi connectivity index (χ3n) is 5.57. The van der Waals surface area contributed by atoms with E-state index in [1.807, 2.05) is 38.2 Å². The predicted octanol–water partition coefficient (Wildman–Crippen LogP) is 2.53. The fourth-order valence-electron chi connectivity index (χ4n) is 3.79. The number of carbonyl (C=O) groups is 2. The topological polar surface area (TPSA) is 85.7 Å². The Labute approximate surface area is 184 Å². The summed E-state index contributed by atoms with van der Waals surface area (Å²) in [4.78, 5) is 28.5. The van der Waals surface area contributed by atoms with Gasteiger partial charge in [-0.25, -0.2) is 0 Å². The summed E-state index contributed by atoms with van der Waals surface area (Å²) >= 11 is 1.45. The standard InChI is InChI=1S/C22H26N4O4S/c1-14-16(12-24-25(14)2)22(28)26-9-11-30-17(13-26)19-15-6-4-5-7-18(15)31-20(19)21(27)23-8-10-29-3/h4-7,12,17H,8-11,13H2,1-3H3,(H,23,27). The van der Waals surface area contributed by atoms with E-state index in [1.165, 1.54) is 11.3 Å². The first-order chi connectivity index (χ1) is 15.0. The van der Waals surface area contributed by atoms with Gasteiger partial charge in [0.15, 0.2) is 0 Å². The van der Waals surface area contributed by atoms with Crippen LogP contribution in [0.1, 0.15) is 37.4 Å². The largest absolute Gasteiger partial charge is 0.383 e. The molecule has 164 valence electrons. The number of aromatic nitrogens is 2. The summed E-state index contributed by atoms with van der Waals surface area (Å²) in [6, 6.07) is 7.91. The number of hydrogen-bond donors (Lipinski definition) is 1. The van der Waals surface area contributed by atoms with E-state index in [2.05, 4.69) is 10.4 Å². The Balaban J connectivity index is 1.64. The molecule has 1 aliphatic heterocycles. The minimum Gasteiger partial charge on any atom is -0.383 e. The van der Waals surface area contributed by atoms with Crippen LogP contribution in [0, 0.1) is 6.92 Å². The van der Waals surface area contributed by atoms with Crippen LogP contribution >= 0.6 is 11.3 Å². The molecular weight excluding hydrogens is 416 g/mol. The predicted molar refractivity (Wildman–Crippen MR) is 119 cm³/mol. The van der Waals surface area contributed by atoms with Gasteiger partial charge < -0.3 is 19.7 Å². The molecule has 0 bridgehead atoms. The van der Waals surface area contributed by atoms with E-state index in [1.54, 1.807) is 22.9 Å². The maximum absolute atomic E-state index is 13.1. The number of nitrogens with one attached hydrogen (secondary N) is 1. The van der Waals surface area contributed by atoms with Crippen molar-refractivity contribution in [1.29, 1.82) is 0 Å². The minimum atomic E-state index is -0.381. The highest BCUT2D eigenvalue weighted by atomic mass is 32.1. The number of methoxy groups -OCH3 is 1. The fourth-order valence-corrected chi connectivity index (χ4v) is 4.96. The number of nitrogens with zero attached hydrogens (tertiary/aromatic N) is 3. The molecule has 3 heterocycles.